The van der Waals surface area contributed by atoms with Gasteiger partial charge in [-0.3, -0.25) is 9.59 Å². The van der Waals surface area contributed by atoms with Crippen LogP contribution >= 0.6 is 0 Å². The van der Waals surface area contributed by atoms with Gasteiger partial charge in [0, 0.05) is 12.6 Å². The van der Waals surface area contributed by atoms with E-state index < -0.39 is 18.2 Å². The maximum Gasteiger partial charge on any atom is 0.400 e. The number of hydrogen-bond donors (Lipinski definition) is 1. The second kappa shape index (κ2) is 6.26. The van der Waals surface area contributed by atoms with Gasteiger partial charge in [-0.2, -0.15) is 0 Å². The lowest BCUT2D eigenvalue weighted by atomic mass is 10.3. The van der Waals surface area contributed by atoms with Crippen molar-refractivity contribution >= 4 is 24.0 Å². The SMILES string of the molecule is CC(OC=O)OC(=O)C(=O)Nc1ccccc1. The van der Waals surface area contributed by atoms with Gasteiger partial charge in [0.05, 0.1) is 0 Å². The summed E-state index contributed by atoms with van der Waals surface area (Å²) in [6, 6.07) is 8.43. The number of nitrogens with one attached hydrogen (secondary N) is 1. The second-order valence-corrected chi connectivity index (χ2v) is 3.03. The molecule has 1 atom stereocenters. The van der Waals surface area contributed by atoms with Gasteiger partial charge < -0.3 is 14.8 Å². The van der Waals surface area contributed by atoms with Crippen molar-refractivity contribution in [1.29, 1.82) is 0 Å². The molecule has 0 aliphatic carbocycles. The van der Waals surface area contributed by atoms with Gasteiger partial charge >= 0.3 is 11.9 Å². The Balaban J connectivity index is 2.48. The number of para-hydroxylation sites is 1. The third-order valence-electron chi connectivity index (χ3n) is 1.74. The van der Waals surface area contributed by atoms with E-state index >= 15 is 0 Å². The fourth-order valence-corrected chi connectivity index (χ4v) is 1.01. The Morgan fingerprint density at radius 1 is 1.29 bits per heavy atom. The second-order valence-electron chi connectivity index (χ2n) is 3.03. The Morgan fingerprint density at radius 3 is 2.53 bits per heavy atom. The van der Waals surface area contributed by atoms with Crippen LogP contribution in [0.4, 0.5) is 5.69 Å². The first kappa shape index (κ1) is 12.7. The molecular formula is C11H11NO5. The number of anilines is 1. The summed E-state index contributed by atoms with van der Waals surface area (Å²) in [5, 5.41) is 2.33. The quantitative estimate of drug-likeness (QED) is 0.360. The zero-order valence-corrected chi connectivity index (χ0v) is 9.08. The number of carbonyl (C=O) groups excluding carboxylic acids is 3. The third kappa shape index (κ3) is 4.33. The fraction of sp³-hybridized carbons (Fsp3) is 0.182. The molecule has 0 saturated carbocycles. The molecule has 1 aromatic carbocycles. The minimum Gasteiger partial charge on any atom is -0.428 e. The van der Waals surface area contributed by atoms with Gasteiger partial charge in [0.1, 0.15) is 0 Å². The van der Waals surface area contributed by atoms with Crippen LogP contribution in [0.3, 0.4) is 0 Å². The summed E-state index contributed by atoms with van der Waals surface area (Å²) in [6.45, 7) is 1.45. The maximum atomic E-state index is 11.3. The van der Waals surface area contributed by atoms with E-state index in [0.29, 0.717) is 5.69 Å². The number of carbonyl (C=O) groups is 3. The molecule has 6 heteroatoms. The van der Waals surface area contributed by atoms with Crippen LogP contribution in [-0.2, 0) is 23.9 Å². The molecule has 0 heterocycles. The summed E-state index contributed by atoms with van der Waals surface area (Å²) < 4.78 is 8.83. The van der Waals surface area contributed by atoms with E-state index in [9.17, 15) is 14.4 Å². The molecule has 1 amide bonds. The molecule has 1 N–H and O–H groups in total. The molecule has 0 bridgehead atoms. The lowest BCUT2D eigenvalue weighted by molar-refractivity contribution is -0.178. The lowest BCUT2D eigenvalue weighted by Crippen LogP contribution is -2.29. The minimum atomic E-state index is -1.12. The summed E-state index contributed by atoms with van der Waals surface area (Å²) in [5.41, 5.74) is 0.471. The van der Waals surface area contributed by atoms with E-state index in [1.807, 2.05) is 0 Å². The highest BCUT2D eigenvalue weighted by Crippen LogP contribution is 2.05. The Labute approximate surface area is 97.5 Å². The zero-order valence-electron chi connectivity index (χ0n) is 9.08. The highest BCUT2D eigenvalue weighted by molar-refractivity contribution is 6.37. The summed E-state index contributed by atoms with van der Waals surface area (Å²) >= 11 is 0. The van der Waals surface area contributed by atoms with E-state index in [1.54, 1.807) is 30.3 Å². The Morgan fingerprint density at radius 2 is 1.94 bits per heavy atom. The first-order valence-corrected chi connectivity index (χ1v) is 4.79. The van der Waals surface area contributed by atoms with Crippen LogP contribution in [-0.4, -0.2) is 24.6 Å². The number of hydrogen-bond acceptors (Lipinski definition) is 5. The smallest absolute Gasteiger partial charge is 0.400 e. The molecule has 1 rings (SSSR count). The van der Waals surface area contributed by atoms with Crippen molar-refractivity contribution in [1.82, 2.24) is 0 Å². The van der Waals surface area contributed by atoms with Crippen LogP contribution in [0, 0.1) is 0 Å². The average molecular weight is 237 g/mol. The van der Waals surface area contributed by atoms with Gasteiger partial charge in [0.2, 0.25) is 6.29 Å². The number of esters is 1. The Hall–Kier alpha value is -2.37. The van der Waals surface area contributed by atoms with Crippen molar-refractivity contribution < 1.29 is 23.9 Å². The highest BCUT2D eigenvalue weighted by atomic mass is 16.7. The van der Waals surface area contributed by atoms with Gasteiger partial charge in [-0.15, -0.1) is 0 Å². The predicted molar refractivity (Wildman–Crippen MR) is 57.8 cm³/mol. The van der Waals surface area contributed by atoms with Gasteiger partial charge in [0.15, 0.2) is 0 Å². The van der Waals surface area contributed by atoms with Crippen LogP contribution in [0.15, 0.2) is 30.3 Å². The molecule has 90 valence electrons. The molecule has 6 nitrogen and oxygen atoms in total. The number of benzene rings is 1. The number of amides is 1. The van der Waals surface area contributed by atoms with Crippen molar-refractivity contribution in [2.24, 2.45) is 0 Å². The topological polar surface area (TPSA) is 81.7 Å². The highest BCUT2D eigenvalue weighted by Gasteiger charge is 2.18. The van der Waals surface area contributed by atoms with Crippen molar-refractivity contribution in [3.8, 4) is 0 Å². The molecule has 1 unspecified atom stereocenters. The van der Waals surface area contributed by atoms with Crippen LogP contribution in [0.2, 0.25) is 0 Å². The lowest BCUT2D eigenvalue weighted by Gasteiger charge is -2.10. The molecule has 0 aliphatic rings. The van der Waals surface area contributed by atoms with Crippen molar-refractivity contribution in [2.45, 2.75) is 13.2 Å². The predicted octanol–water partition coefficient (Wildman–Crippen LogP) is 0.687. The van der Waals surface area contributed by atoms with Crippen molar-refractivity contribution in [2.75, 3.05) is 5.32 Å². The van der Waals surface area contributed by atoms with Crippen LogP contribution in [0.25, 0.3) is 0 Å². The molecule has 0 fully saturated rings. The van der Waals surface area contributed by atoms with Gasteiger partial charge in [-0.25, -0.2) is 4.79 Å². The third-order valence-corrected chi connectivity index (χ3v) is 1.74. The molecule has 0 aromatic heterocycles. The van der Waals surface area contributed by atoms with Crippen LogP contribution in [0.1, 0.15) is 6.92 Å². The Kier molecular flexibility index (Phi) is 4.68. The summed E-state index contributed by atoms with van der Waals surface area (Å²) in [4.78, 5) is 32.5. The average Bonchev–Trinajstić information content (AvgIpc) is 2.30. The first-order chi connectivity index (χ1) is 8.13. The van der Waals surface area contributed by atoms with Gasteiger partial charge in [0.25, 0.3) is 6.47 Å². The molecule has 0 aliphatic heterocycles. The monoisotopic (exact) mass is 237 g/mol. The molecule has 0 spiro atoms. The number of ether oxygens (including phenoxy) is 2. The number of rotatable bonds is 4. The van der Waals surface area contributed by atoms with Gasteiger partial charge in [-0.05, 0) is 12.1 Å². The summed E-state index contributed by atoms with van der Waals surface area (Å²) in [6.07, 6.45) is -1.10. The van der Waals surface area contributed by atoms with E-state index in [2.05, 4.69) is 14.8 Å². The molecule has 0 radical (unpaired) electrons. The van der Waals surface area contributed by atoms with Crippen LogP contribution in [0.5, 0.6) is 0 Å². The molecule has 0 saturated heterocycles. The molecular weight excluding hydrogens is 226 g/mol. The van der Waals surface area contributed by atoms with E-state index in [0.717, 1.165) is 0 Å². The van der Waals surface area contributed by atoms with Crippen LogP contribution < -0.4 is 5.32 Å². The van der Waals surface area contributed by atoms with E-state index in [-0.39, 0.29) is 6.47 Å². The largest absolute Gasteiger partial charge is 0.428 e. The maximum absolute atomic E-state index is 11.3. The first-order valence-electron chi connectivity index (χ1n) is 4.79. The molecule has 17 heavy (non-hydrogen) atoms. The minimum absolute atomic E-state index is 0.132. The summed E-state index contributed by atoms with van der Waals surface area (Å²) in [5.74, 6) is -2.05. The standard InChI is InChI=1S/C11H11NO5/c1-8(16-7-13)17-11(15)10(14)12-9-5-3-2-4-6-9/h2-8H,1H3,(H,12,14). The van der Waals surface area contributed by atoms with Crippen molar-refractivity contribution in [3.05, 3.63) is 30.3 Å². The normalized spacial score (nSPS) is 11.1. The zero-order chi connectivity index (χ0) is 12.7. The Bertz CT molecular complexity index is 404. The molecule has 1 aromatic rings. The van der Waals surface area contributed by atoms with Gasteiger partial charge in [-0.1, -0.05) is 18.2 Å². The fourth-order valence-electron chi connectivity index (χ4n) is 1.01. The van der Waals surface area contributed by atoms with Crippen molar-refractivity contribution in [3.63, 3.8) is 0 Å². The van der Waals surface area contributed by atoms with E-state index in [1.165, 1.54) is 6.92 Å². The van der Waals surface area contributed by atoms with E-state index in [4.69, 9.17) is 0 Å². The summed E-state index contributed by atoms with van der Waals surface area (Å²) in [7, 11) is 0.